The number of ketones is 1. The van der Waals surface area contributed by atoms with Gasteiger partial charge in [0.1, 0.15) is 11.8 Å². The molecule has 0 bridgehead atoms. The highest BCUT2D eigenvalue weighted by molar-refractivity contribution is 9.10. The van der Waals surface area contributed by atoms with Gasteiger partial charge in [0.15, 0.2) is 5.78 Å². The number of benzene rings is 3. The van der Waals surface area contributed by atoms with Gasteiger partial charge in [-0.3, -0.25) is 19.2 Å². The molecule has 0 aromatic heterocycles. The van der Waals surface area contributed by atoms with Gasteiger partial charge < -0.3 is 30.9 Å². The van der Waals surface area contributed by atoms with Crippen molar-refractivity contribution in [3.05, 3.63) is 87.9 Å². The lowest BCUT2D eigenvalue weighted by Crippen LogP contribution is -2.56. The van der Waals surface area contributed by atoms with Crippen molar-refractivity contribution in [3.63, 3.8) is 0 Å². The van der Waals surface area contributed by atoms with Crippen molar-refractivity contribution in [3.8, 4) is 5.75 Å². The van der Waals surface area contributed by atoms with Crippen molar-refractivity contribution in [1.82, 2.24) is 10.6 Å². The van der Waals surface area contributed by atoms with Crippen molar-refractivity contribution in [2.24, 2.45) is 0 Å². The number of carbonyl (C=O) groups excluding carboxylic acids is 4. The molecule has 2 unspecified atom stereocenters. The van der Waals surface area contributed by atoms with Crippen molar-refractivity contribution in [1.29, 1.82) is 5.41 Å². The smallest absolute Gasteiger partial charge is 0.258 e. The van der Waals surface area contributed by atoms with Gasteiger partial charge in [0, 0.05) is 21.2 Å². The molecule has 3 aromatic rings. The number of fused-ring (bicyclic) bond motifs is 1. The average molecular weight is 621 g/mol. The maximum Gasteiger partial charge on any atom is 0.258 e. The van der Waals surface area contributed by atoms with Crippen LogP contribution in [0.2, 0.25) is 0 Å². The number of anilines is 2. The summed E-state index contributed by atoms with van der Waals surface area (Å²) in [6, 6.07) is 16.0. The van der Waals surface area contributed by atoms with E-state index >= 15 is 0 Å². The lowest BCUT2D eigenvalue weighted by atomic mass is 10.1. The maximum absolute atomic E-state index is 14.0. The van der Waals surface area contributed by atoms with Gasteiger partial charge in [-0.15, -0.1) is 0 Å². The number of hydrogen-bond acceptors (Lipinski definition) is 7. The molecule has 1 aliphatic rings. The van der Waals surface area contributed by atoms with Gasteiger partial charge >= 0.3 is 0 Å². The minimum Gasteiger partial charge on any atom is -0.507 e. The van der Waals surface area contributed by atoms with Crippen molar-refractivity contribution < 1.29 is 24.3 Å². The van der Waals surface area contributed by atoms with Gasteiger partial charge in [-0.2, -0.15) is 0 Å². The van der Waals surface area contributed by atoms with E-state index in [2.05, 4.69) is 26.6 Å². The molecule has 2 atom stereocenters. The third kappa shape index (κ3) is 6.36. The van der Waals surface area contributed by atoms with E-state index in [-0.39, 0.29) is 35.9 Å². The number of carbonyl (C=O) groups is 4. The summed E-state index contributed by atoms with van der Waals surface area (Å²) in [6.07, 6.45) is 0. The number of para-hydroxylation sites is 2. The fourth-order valence-electron chi connectivity index (χ4n) is 4.48. The summed E-state index contributed by atoms with van der Waals surface area (Å²) in [5, 5.41) is 24.8. The summed E-state index contributed by atoms with van der Waals surface area (Å²) in [7, 11) is 1.62. The molecule has 11 heteroatoms. The Morgan fingerprint density at radius 1 is 1.05 bits per heavy atom. The summed E-state index contributed by atoms with van der Waals surface area (Å²) in [4.78, 5) is 55.3. The number of amides is 3. The van der Waals surface area contributed by atoms with Gasteiger partial charge in [0.25, 0.3) is 11.8 Å². The van der Waals surface area contributed by atoms with E-state index in [0.717, 1.165) is 0 Å². The van der Waals surface area contributed by atoms with E-state index in [0.29, 0.717) is 27.0 Å². The number of rotatable bonds is 8. The van der Waals surface area contributed by atoms with Crippen molar-refractivity contribution in [2.75, 3.05) is 29.9 Å². The largest absolute Gasteiger partial charge is 0.507 e. The van der Waals surface area contributed by atoms with E-state index in [1.54, 1.807) is 74.6 Å². The number of likely N-dealkylation sites (N-methyl/N-ethyl adjacent to an activating group) is 1. The van der Waals surface area contributed by atoms with E-state index in [1.165, 1.54) is 22.8 Å². The Morgan fingerprint density at radius 3 is 2.29 bits per heavy atom. The minimum absolute atomic E-state index is 0.0357. The van der Waals surface area contributed by atoms with E-state index in [9.17, 15) is 24.3 Å². The predicted octanol–water partition coefficient (Wildman–Crippen LogP) is 3.51. The number of hydrogen-bond donors (Lipinski definition) is 4. The van der Waals surface area contributed by atoms with Gasteiger partial charge in [0.05, 0.1) is 36.2 Å². The van der Waals surface area contributed by atoms with E-state index < -0.39 is 29.8 Å². The Labute approximate surface area is 246 Å². The zero-order valence-electron chi connectivity index (χ0n) is 22.8. The van der Waals surface area contributed by atoms with Crippen LogP contribution in [0.15, 0.2) is 71.2 Å². The third-order valence-corrected chi connectivity index (χ3v) is 7.41. The average Bonchev–Trinajstić information content (AvgIpc) is 3.07. The van der Waals surface area contributed by atoms with Crippen LogP contribution in [0.5, 0.6) is 5.75 Å². The first-order valence-electron chi connectivity index (χ1n) is 12.9. The van der Waals surface area contributed by atoms with Crippen LogP contribution in [-0.4, -0.2) is 66.5 Å². The fraction of sp³-hybridized carbons (Fsp3) is 0.233. The number of nitrogens with zero attached hydrogens (tertiary/aromatic N) is 2. The van der Waals surface area contributed by atoms with Crippen LogP contribution < -0.4 is 20.4 Å². The zero-order valence-corrected chi connectivity index (χ0v) is 24.4. The Hall–Kier alpha value is -4.35. The van der Waals surface area contributed by atoms with Crippen LogP contribution >= 0.6 is 15.9 Å². The number of aromatic hydroxyl groups is 1. The first-order valence-corrected chi connectivity index (χ1v) is 13.7. The van der Waals surface area contributed by atoms with Gasteiger partial charge in [-0.25, -0.2) is 0 Å². The molecule has 1 aliphatic heterocycles. The van der Waals surface area contributed by atoms with Crippen molar-refractivity contribution in [2.45, 2.75) is 25.9 Å². The summed E-state index contributed by atoms with van der Waals surface area (Å²) in [5.74, 6) is -1.64. The monoisotopic (exact) mass is 619 g/mol. The summed E-state index contributed by atoms with van der Waals surface area (Å²) in [6.45, 7) is 2.69. The molecule has 0 radical (unpaired) electrons. The first kappa shape index (κ1) is 29.6. The molecular weight excluding hydrogens is 590 g/mol. The Bertz CT molecular complexity index is 1520. The highest BCUT2D eigenvalue weighted by Gasteiger charge is 2.38. The second kappa shape index (κ2) is 12.4. The molecular formula is C30H30BrN5O5. The molecule has 0 fully saturated rings. The molecule has 0 saturated heterocycles. The molecule has 0 spiro atoms. The molecule has 41 heavy (non-hydrogen) atoms. The van der Waals surface area contributed by atoms with Gasteiger partial charge in [0.2, 0.25) is 5.91 Å². The molecule has 1 heterocycles. The highest BCUT2D eigenvalue weighted by Crippen LogP contribution is 2.34. The summed E-state index contributed by atoms with van der Waals surface area (Å²) in [5.41, 5.74) is 1.74. The minimum atomic E-state index is -1.14. The van der Waals surface area contributed by atoms with Gasteiger partial charge in [-0.1, -0.05) is 40.2 Å². The number of phenolic OH excluding ortho intramolecular Hbond substituents is 1. The van der Waals surface area contributed by atoms with Crippen LogP contribution in [-0.2, 0) is 9.59 Å². The van der Waals surface area contributed by atoms with Gasteiger partial charge in [-0.05, 0) is 63.4 Å². The van der Waals surface area contributed by atoms with E-state index in [4.69, 9.17) is 5.41 Å². The lowest BCUT2D eigenvalue weighted by Gasteiger charge is -2.26. The van der Waals surface area contributed by atoms with Crippen molar-refractivity contribution >= 4 is 56.5 Å². The third-order valence-electron chi connectivity index (χ3n) is 6.92. The molecule has 3 amide bonds. The number of halogens is 1. The van der Waals surface area contributed by atoms with Crippen LogP contribution in [0.1, 0.15) is 40.1 Å². The molecule has 4 rings (SSSR count). The fourth-order valence-corrected chi connectivity index (χ4v) is 4.83. The Morgan fingerprint density at radius 2 is 1.68 bits per heavy atom. The Kier molecular flexibility index (Phi) is 8.99. The number of nitrogens with one attached hydrogen (secondary N) is 3. The SMILES string of the molecule is CNC(C)C(=O)NC1CN(C(=O)c2ccc(C(C)=O)cc2)c2ccccc2N(CC(=N)c2ccc(Br)cc2O)C1=O. The molecule has 0 aliphatic carbocycles. The molecule has 212 valence electrons. The predicted molar refractivity (Wildman–Crippen MR) is 160 cm³/mol. The second-order valence-electron chi connectivity index (χ2n) is 9.67. The normalized spacial score (nSPS) is 15.5. The maximum atomic E-state index is 14.0. The van der Waals surface area contributed by atoms with Crippen LogP contribution in [0.4, 0.5) is 11.4 Å². The number of phenols is 1. The molecule has 3 aromatic carbocycles. The Balaban J connectivity index is 1.78. The highest BCUT2D eigenvalue weighted by atomic mass is 79.9. The first-order chi connectivity index (χ1) is 19.5. The van der Waals surface area contributed by atoms with E-state index in [1.807, 2.05) is 0 Å². The standard InChI is InChI=1S/C30H30BrN5O5/c1-17(33-3)28(39)34-24-16-36(29(40)20-10-8-19(9-11-20)18(2)37)26-7-5-4-6-25(26)35(30(24)41)15-23(32)22-13-12-21(31)14-27(22)38/h4-14,17,24,32-33,38H,15-16H2,1-3H3,(H,34,39). The quantitative estimate of drug-likeness (QED) is 0.224. The molecule has 4 N–H and O–H groups in total. The summed E-state index contributed by atoms with van der Waals surface area (Å²) < 4.78 is 0.634. The van der Waals surface area contributed by atoms with Crippen LogP contribution in [0, 0.1) is 5.41 Å². The molecule has 0 saturated carbocycles. The lowest BCUT2D eigenvalue weighted by molar-refractivity contribution is -0.128. The number of Topliss-reactive ketones (excluding diaryl/α,β-unsaturated/α-hetero) is 1. The van der Waals surface area contributed by atoms with Crippen LogP contribution in [0.3, 0.4) is 0 Å². The summed E-state index contributed by atoms with van der Waals surface area (Å²) >= 11 is 3.29. The zero-order chi connectivity index (χ0) is 29.8. The second-order valence-corrected chi connectivity index (χ2v) is 10.6. The topological polar surface area (TPSA) is 143 Å². The van der Waals surface area contributed by atoms with Crippen LogP contribution in [0.25, 0.3) is 0 Å². The molecule has 10 nitrogen and oxygen atoms in total.